The molecule has 0 bridgehead atoms. The highest BCUT2D eigenvalue weighted by molar-refractivity contribution is 5.83. The average molecular weight is 412 g/mol. The molecule has 4 aromatic rings. The van der Waals surface area contributed by atoms with Gasteiger partial charge in [0.2, 0.25) is 0 Å². The summed E-state index contributed by atoms with van der Waals surface area (Å²) in [4.78, 5) is 4.81. The molecule has 3 aromatic carbocycles. The number of hydrogen-bond donors (Lipinski definition) is 0. The number of pyridine rings is 1. The standard InChI is InChI=1S/C28H29NO2/c1-3-4-5-6-19-31-25-14-11-22(12-15-25)21-7-9-23(10-8-21)27-17-13-24-20-26(30-2)16-18-28(24)29-27/h7-18,20H,3-6,19H2,1-2H3. The fraction of sp³-hybridized carbons (Fsp3) is 0.250. The third-order valence-corrected chi connectivity index (χ3v) is 5.53. The van der Waals surface area contributed by atoms with Crippen LogP contribution in [0.1, 0.15) is 32.6 Å². The Morgan fingerprint density at radius 3 is 2.06 bits per heavy atom. The SMILES string of the molecule is CCCCCCOc1ccc(-c2ccc(-c3ccc4cc(OC)ccc4n3)cc2)cc1. The molecule has 0 N–H and O–H groups in total. The van der Waals surface area contributed by atoms with Gasteiger partial charge in [0.25, 0.3) is 0 Å². The first-order valence-electron chi connectivity index (χ1n) is 11.1. The highest BCUT2D eigenvalue weighted by atomic mass is 16.5. The fourth-order valence-electron chi connectivity index (χ4n) is 3.69. The van der Waals surface area contributed by atoms with E-state index < -0.39 is 0 Å². The Balaban J connectivity index is 1.43. The Hall–Kier alpha value is -3.33. The van der Waals surface area contributed by atoms with E-state index in [1.54, 1.807) is 7.11 Å². The van der Waals surface area contributed by atoms with Crippen molar-refractivity contribution in [3.63, 3.8) is 0 Å². The Morgan fingerprint density at radius 2 is 1.35 bits per heavy atom. The molecular formula is C28H29NO2. The summed E-state index contributed by atoms with van der Waals surface area (Å²) in [5.74, 6) is 1.79. The van der Waals surface area contributed by atoms with Gasteiger partial charge in [0.1, 0.15) is 11.5 Å². The highest BCUT2D eigenvalue weighted by Gasteiger charge is 2.05. The summed E-state index contributed by atoms with van der Waals surface area (Å²) in [6.45, 7) is 3.02. The van der Waals surface area contributed by atoms with E-state index in [4.69, 9.17) is 14.5 Å². The second-order valence-electron chi connectivity index (χ2n) is 7.77. The van der Waals surface area contributed by atoms with Crippen molar-refractivity contribution in [1.29, 1.82) is 0 Å². The van der Waals surface area contributed by atoms with Crippen molar-refractivity contribution in [3.8, 4) is 33.9 Å². The number of nitrogens with zero attached hydrogens (tertiary/aromatic N) is 1. The minimum absolute atomic E-state index is 0.791. The van der Waals surface area contributed by atoms with Crippen molar-refractivity contribution in [1.82, 2.24) is 4.98 Å². The quantitative estimate of drug-likeness (QED) is 0.267. The summed E-state index contributed by atoms with van der Waals surface area (Å²) in [6, 6.07) is 27.0. The molecule has 1 aromatic heterocycles. The summed E-state index contributed by atoms with van der Waals surface area (Å²) in [5.41, 5.74) is 5.41. The van der Waals surface area contributed by atoms with Gasteiger partial charge in [0.15, 0.2) is 0 Å². The van der Waals surface area contributed by atoms with E-state index in [2.05, 4.69) is 67.6 Å². The highest BCUT2D eigenvalue weighted by Crippen LogP contribution is 2.27. The summed E-state index contributed by atoms with van der Waals surface area (Å²) in [5, 5.41) is 1.08. The molecule has 0 aliphatic rings. The van der Waals surface area contributed by atoms with Crippen molar-refractivity contribution in [2.75, 3.05) is 13.7 Å². The van der Waals surface area contributed by atoms with E-state index >= 15 is 0 Å². The molecular weight excluding hydrogens is 382 g/mol. The molecule has 0 aliphatic carbocycles. The van der Waals surface area contributed by atoms with Gasteiger partial charge in [-0.1, -0.05) is 68.7 Å². The van der Waals surface area contributed by atoms with Crippen molar-refractivity contribution < 1.29 is 9.47 Å². The summed E-state index contributed by atoms with van der Waals surface area (Å²) in [6.07, 6.45) is 4.88. The number of ether oxygens (including phenoxy) is 2. The van der Waals surface area contributed by atoms with Crippen LogP contribution in [-0.4, -0.2) is 18.7 Å². The molecule has 0 spiro atoms. The van der Waals surface area contributed by atoms with Crippen LogP contribution in [0.15, 0.2) is 78.9 Å². The van der Waals surface area contributed by atoms with Gasteiger partial charge in [-0.15, -0.1) is 0 Å². The van der Waals surface area contributed by atoms with Gasteiger partial charge >= 0.3 is 0 Å². The zero-order valence-electron chi connectivity index (χ0n) is 18.3. The van der Waals surface area contributed by atoms with Crippen LogP contribution >= 0.6 is 0 Å². The van der Waals surface area contributed by atoms with E-state index in [9.17, 15) is 0 Å². The molecule has 31 heavy (non-hydrogen) atoms. The predicted octanol–water partition coefficient (Wildman–Crippen LogP) is 7.54. The molecule has 3 nitrogen and oxygen atoms in total. The lowest BCUT2D eigenvalue weighted by molar-refractivity contribution is 0.305. The van der Waals surface area contributed by atoms with Crippen LogP contribution in [0.2, 0.25) is 0 Å². The number of unbranched alkanes of at least 4 members (excludes halogenated alkanes) is 3. The molecule has 0 fully saturated rings. The number of fused-ring (bicyclic) bond motifs is 1. The smallest absolute Gasteiger partial charge is 0.119 e. The van der Waals surface area contributed by atoms with Crippen LogP contribution in [0.25, 0.3) is 33.3 Å². The van der Waals surface area contributed by atoms with Crippen LogP contribution in [0, 0.1) is 0 Å². The molecule has 0 amide bonds. The zero-order valence-corrected chi connectivity index (χ0v) is 18.3. The maximum absolute atomic E-state index is 5.85. The number of rotatable bonds is 9. The van der Waals surface area contributed by atoms with Gasteiger partial charge in [0, 0.05) is 10.9 Å². The lowest BCUT2D eigenvalue weighted by Crippen LogP contribution is -1.96. The van der Waals surface area contributed by atoms with E-state index in [1.165, 1.54) is 30.4 Å². The predicted molar refractivity (Wildman–Crippen MR) is 129 cm³/mol. The van der Waals surface area contributed by atoms with Gasteiger partial charge in [-0.05, 0) is 53.9 Å². The molecule has 0 saturated heterocycles. The number of aromatic nitrogens is 1. The minimum atomic E-state index is 0.791. The van der Waals surface area contributed by atoms with Crippen LogP contribution in [-0.2, 0) is 0 Å². The Labute approximate surface area is 184 Å². The Morgan fingerprint density at radius 1 is 0.677 bits per heavy atom. The molecule has 0 unspecified atom stereocenters. The largest absolute Gasteiger partial charge is 0.497 e. The van der Waals surface area contributed by atoms with Crippen LogP contribution < -0.4 is 9.47 Å². The fourth-order valence-corrected chi connectivity index (χ4v) is 3.69. The molecule has 158 valence electrons. The Bertz CT molecular complexity index is 1120. The van der Waals surface area contributed by atoms with Crippen molar-refractivity contribution in [2.45, 2.75) is 32.6 Å². The second kappa shape index (κ2) is 10.1. The maximum Gasteiger partial charge on any atom is 0.119 e. The average Bonchev–Trinajstić information content (AvgIpc) is 2.84. The van der Waals surface area contributed by atoms with E-state index in [0.717, 1.165) is 46.7 Å². The number of benzene rings is 3. The first kappa shape index (κ1) is 20.9. The first-order chi connectivity index (χ1) is 15.3. The summed E-state index contributed by atoms with van der Waals surface area (Å²) in [7, 11) is 1.68. The molecule has 3 heteroatoms. The van der Waals surface area contributed by atoms with E-state index in [1.807, 2.05) is 18.2 Å². The number of methoxy groups -OCH3 is 1. The zero-order chi connectivity index (χ0) is 21.5. The first-order valence-corrected chi connectivity index (χ1v) is 11.1. The molecule has 4 rings (SSSR count). The molecule has 0 atom stereocenters. The molecule has 0 radical (unpaired) electrons. The van der Waals surface area contributed by atoms with Gasteiger partial charge in [0.05, 0.1) is 24.9 Å². The monoisotopic (exact) mass is 411 g/mol. The lowest BCUT2D eigenvalue weighted by Gasteiger charge is -2.09. The molecule has 0 aliphatic heterocycles. The number of hydrogen-bond acceptors (Lipinski definition) is 3. The van der Waals surface area contributed by atoms with Gasteiger partial charge in [-0.2, -0.15) is 0 Å². The van der Waals surface area contributed by atoms with Gasteiger partial charge in [-0.25, -0.2) is 4.98 Å². The van der Waals surface area contributed by atoms with Crippen LogP contribution in [0.4, 0.5) is 0 Å². The third kappa shape index (κ3) is 5.24. The van der Waals surface area contributed by atoms with Crippen LogP contribution in [0.5, 0.6) is 11.5 Å². The van der Waals surface area contributed by atoms with Crippen molar-refractivity contribution in [2.24, 2.45) is 0 Å². The normalized spacial score (nSPS) is 10.9. The van der Waals surface area contributed by atoms with Gasteiger partial charge < -0.3 is 9.47 Å². The Kier molecular flexibility index (Phi) is 6.83. The van der Waals surface area contributed by atoms with E-state index in [0.29, 0.717) is 0 Å². The minimum Gasteiger partial charge on any atom is -0.497 e. The molecule has 1 heterocycles. The summed E-state index contributed by atoms with van der Waals surface area (Å²) >= 11 is 0. The topological polar surface area (TPSA) is 31.4 Å². The van der Waals surface area contributed by atoms with Gasteiger partial charge in [-0.3, -0.25) is 0 Å². The second-order valence-corrected chi connectivity index (χ2v) is 7.77. The third-order valence-electron chi connectivity index (χ3n) is 5.53. The summed E-state index contributed by atoms with van der Waals surface area (Å²) < 4.78 is 11.2. The maximum atomic E-state index is 5.85. The lowest BCUT2D eigenvalue weighted by atomic mass is 10.0. The van der Waals surface area contributed by atoms with E-state index in [-0.39, 0.29) is 0 Å². The van der Waals surface area contributed by atoms with Crippen molar-refractivity contribution >= 4 is 10.9 Å². The van der Waals surface area contributed by atoms with Crippen molar-refractivity contribution in [3.05, 3.63) is 78.9 Å². The van der Waals surface area contributed by atoms with Crippen LogP contribution in [0.3, 0.4) is 0 Å². The molecule has 0 saturated carbocycles.